The van der Waals surface area contributed by atoms with Crippen LogP contribution < -0.4 is 5.32 Å². The normalized spacial score (nSPS) is 10.6. The highest BCUT2D eigenvalue weighted by molar-refractivity contribution is 6.34. The van der Waals surface area contributed by atoms with Crippen LogP contribution in [0.3, 0.4) is 0 Å². The Morgan fingerprint density at radius 3 is 3.05 bits per heavy atom. The van der Waals surface area contributed by atoms with Crippen LogP contribution >= 0.6 is 11.6 Å². The van der Waals surface area contributed by atoms with Crippen molar-refractivity contribution in [3.8, 4) is 0 Å². The van der Waals surface area contributed by atoms with Crippen molar-refractivity contribution in [2.45, 2.75) is 0 Å². The zero-order chi connectivity index (χ0) is 13.2. The molecule has 0 atom stereocenters. The molecule has 3 aromatic heterocycles. The molecular weight excluding hydrogens is 266 g/mol. The molecule has 0 aromatic carbocycles. The SMILES string of the molecule is O=C(Nc1cnc2[nH]ncc2c1)c1ccncc1Cl. The number of rotatable bonds is 2. The number of nitrogens with zero attached hydrogens (tertiary/aromatic N) is 3. The first-order valence-corrected chi connectivity index (χ1v) is 5.82. The van der Waals surface area contributed by atoms with Crippen LogP contribution in [0.25, 0.3) is 11.0 Å². The Kier molecular flexibility index (Phi) is 2.85. The average molecular weight is 274 g/mol. The fourth-order valence-corrected chi connectivity index (χ4v) is 1.87. The van der Waals surface area contributed by atoms with E-state index in [2.05, 4.69) is 25.5 Å². The van der Waals surface area contributed by atoms with Gasteiger partial charge in [-0.1, -0.05) is 11.6 Å². The summed E-state index contributed by atoms with van der Waals surface area (Å²) in [5.74, 6) is -0.308. The van der Waals surface area contributed by atoms with Gasteiger partial charge in [0.15, 0.2) is 5.65 Å². The monoisotopic (exact) mass is 273 g/mol. The number of halogens is 1. The second kappa shape index (κ2) is 4.66. The molecule has 0 spiro atoms. The summed E-state index contributed by atoms with van der Waals surface area (Å²) in [5.41, 5.74) is 1.61. The van der Waals surface area contributed by atoms with Crippen LogP contribution in [-0.2, 0) is 0 Å². The van der Waals surface area contributed by atoms with Crippen molar-refractivity contribution in [3.05, 3.63) is 47.5 Å². The molecule has 0 radical (unpaired) electrons. The summed E-state index contributed by atoms with van der Waals surface area (Å²) in [7, 11) is 0. The summed E-state index contributed by atoms with van der Waals surface area (Å²) < 4.78 is 0. The number of hydrogen-bond donors (Lipinski definition) is 2. The molecule has 0 aliphatic rings. The van der Waals surface area contributed by atoms with E-state index < -0.39 is 0 Å². The molecule has 2 N–H and O–H groups in total. The number of carbonyl (C=O) groups is 1. The highest BCUT2D eigenvalue weighted by Gasteiger charge is 2.10. The number of nitrogens with one attached hydrogen (secondary N) is 2. The minimum atomic E-state index is -0.308. The van der Waals surface area contributed by atoms with Gasteiger partial charge in [0.2, 0.25) is 0 Å². The highest BCUT2D eigenvalue weighted by atomic mass is 35.5. The maximum atomic E-state index is 12.0. The molecule has 94 valence electrons. The van der Waals surface area contributed by atoms with Crippen molar-refractivity contribution in [2.75, 3.05) is 5.32 Å². The Hall–Kier alpha value is -2.47. The van der Waals surface area contributed by atoms with Gasteiger partial charge < -0.3 is 5.32 Å². The number of aromatic nitrogens is 4. The minimum Gasteiger partial charge on any atom is -0.321 e. The van der Waals surface area contributed by atoms with Gasteiger partial charge in [-0.3, -0.25) is 14.9 Å². The predicted octanol–water partition coefficient (Wildman–Crippen LogP) is 2.26. The summed E-state index contributed by atoms with van der Waals surface area (Å²) >= 11 is 5.91. The molecule has 0 saturated carbocycles. The van der Waals surface area contributed by atoms with Crippen molar-refractivity contribution in [3.63, 3.8) is 0 Å². The van der Waals surface area contributed by atoms with E-state index in [4.69, 9.17) is 11.6 Å². The smallest absolute Gasteiger partial charge is 0.257 e. The topological polar surface area (TPSA) is 83.6 Å². The van der Waals surface area contributed by atoms with Crippen molar-refractivity contribution in [2.24, 2.45) is 0 Å². The van der Waals surface area contributed by atoms with E-state index in [1.807, 2.05) is 0 Å². The average Bonchev–Trinajstić information content (AvgIpc) is 2.86. The van der Waals surface area contributed by atoms with Crippen LogP contribution in [0.2, 0.25) is 5.02 Å². The van der Waals surface area contributed by atoms with Crippen LogP contribution in [-0.4, -0.2) is 26.1 Å². The number of H-pyrrole nitrogens is 1. The van der Waals surface area contributed by atoms with E-state index in [9.17, 15) is 4.79 Å². The Balaban J connectivity index is 1.88. The van der Waals surface area contributed by atoms with E-state index in [0.717, 1.165) is 5.39 Å². The summed E-state index contributed by atoms with van der Waals surface area (Å²) in [6.07, 6.45) is 6.12. The molecule has 7 heteroatoms. The van der Waals surface area contributed by atoms with Gasteiger partial charge in [0.05, 0.1) is 28.7 Å². The van der Waals surface area contributed by atoms with E-state index in [1.165, 1.54) is 12.4 Å². The van der Waals surface area contributed by atoms with E-state index in [1.54, 1.807) is 24.5 Å². The molecule has 3 aromatic rings. The van der Waals surface area contributed by atoms with Gasteiger partial charge in [0, 0.05) is 17.8 Å². The van der Waals surface area contributed by atoms with Crippen molar-refractivity contribution in [1.29, 1.82) is 0 Å². The zero-order valence-electron chi connectivity index (χ0n) is 9.59. The zero-order valence-corrected chi connectivity index (χ0v) is 10.3. The maximum absolute atomic E-state index is 12.0. The van der Waals surface area contributed by atoms with E-state index >= 15 is 0 Å². The van der Waals surface area contributed by atoms with Crippen molar-refractivity contribution < 1.29 is 4.79 Å². The third kappa shape index (κ3) is 2.25. The van der Waals surface area contributed by atoms with Gasteiger partial charge in [-0.15, -0.1) is 0 Å². The number of fused-ring (bicyclic) bond motifs is 1. The number of pyridine rings is 2. The summed E-state index contributed by atoms with van der Waals surface area (Å²) in [6.45, 7) is 0. The standard InChI is InChI=1S/C12H8ClN5O/c13-10-6-14-2-1-9(10)12(19)17-8-3-7-4-16-18-11(7)15-5-8/h1-6H,(H,17,19)(H,15,16,18). The molecule has 19 heavy (non-hydrogen) atoms. The van der Waals surface area contributed by atoms with Gasteiger partial charge in [0.25, 0.3) is 5.91 Å². The predicted molar refractivity (Wildman–Crippen MR) is 71.1 cm³/mol. The molecule has 0 bridgehead atoms. The van der Waals surface area contributed by atoms with Crippen LogP contribution in [0, 0.1) is 0 Å². The second-order valence-corrected chi connectivity index (χ2v) is 4.25. The van der Waals surface area contributed by atoms with Gasteiger partial charge in [0.1, 0.15) is 0 Å². The van der Waals surface area contributed by atoms with E-state index in [0.29, 0.717) is 21.9 Å². The molecule has 0 unspecified atom stereocenters. The lowest BCUT2D eigenvalue weighted by atomic mass is 10.2. The Bertz CT molecular complexity index is 754. The number of amides is 1. The number of carbonyl (C=O) groups excluding carboxylic acids is 1. The van der Waals surface area contributed by atoms with Crippen LogP contribution in [0.5, 0.6) is 0 Å². The molecule has 0 aliphatic heterocycles. The fraction of sp³-hybridized carbons (Fsp3) is 0. The first-order chi connectivity index (χ1) is 9.24. The van der Waals surface area contributed by atoms with Crippen LogP contribution in [0.15, 0.2) is 36.9 Å². The lowest BCUT2D eigenvalue weighted by molar-refractivity contribution is 0.102. The highest BCUT2D eigenvalue weighted by Crippen LogP contribution is 2.17. The lowest BCUT2D eigenvalue weighted by Crippen LogP contribution is -2.12. The molecule has 1 amide bonds. The molecular formula is C12H8ClN5O. The molecule has 0 fully saturated rings. The fourth-order valence-electron chi connectivity index (χ4n) is 1.66. The lowest BCUT2D eigenvalue weighted by Gasteiger charge is -2.05. The maximum Gasteiger partial charge on any atom is 0.257 e. The van der Waals surface area contributed by atoms with Gasteiger partial charge >= 0.3 is 0 Å². The van der Waals surface area contributed by atoms with E-state index in [-0.39, 0.29) is 5.91 Å². The first kappa shape index (κ1) is 11.6. The third-order valence-corrected chi connectivity index (χ3v) is 2.87. The molecule has 3 rings (SSSR count). The van der Waals surface area contributed by atoms with Gasteiger partial charge in [-0.25, -0.2) is 4.98 Å². The molecule has 6 nitrogen and oxygen atoms in total. The molecule has 0 saturated heterocycles. The van der Waals surface area contributed by atoms with Gasteiger partial charge in [-0.2, -0.15) is 5.10 Å². The van der Waals surface area contributed by atoms with Crippen LogP contribution in [0.1, 0.15) is 10.4 Å². The molecule has 3 heterocycles. The quantitative estimate of drug-likeness (QED) is 0.750. The Morgan fingerprint density at radius 1 is 1.32 bits per heavy atom. The first-order valence-electron chi connectivity index (χ1n) is 5.44. The molecule has 0 aliphatic carbocycles. The Labute approximate surface area is 112 Å². The number of aromatic amines is 1. The van der Waals surface area contributed by atoms with Crippen molar-refractivity contribution in [1.82, 2.24) is 20.2 Å². The minimum absolute atomic E-state index is 0.303. The largest absolute Gasteiger partial charge is 0.321 e. The van der Waals surface area contributed by atoms with Gasteiger partial charge in [-0.05, 0) is 12.1 Å². The summed E-state index contributed by atoms with van der Waals surface area (Å²) in [4.78, 5) is 20.0. The second-order valence-electron chi connectivity index (χ2n) is 3.84. The number of anilines is 1. The number of hydrogen-bond acceptors (Lipinski definition) is 4. The van der Waals surface area contributed by atoms with Crippen molar-refractivity contribution >= 4 is 34.2 Å². The van der Waals surface area contributed by atoms with Crippen LogP contribution in [0.4, 0.5) is 5.69 Å². The third-order valence-electron chi connectivity index (χ3n) is 2.57. The summed E-state index contributed by atoms with van der Waals surface area (Å²) in [5, 5.41) is 10.4. The Morgan fingerprint density at radius 2 is 2.21 bits per heavy atom. The summed E-state index contributed by atoms with van der Waals surface area (Å²) in [6, 6.07) is 3.33.